The van der Waals surface area contributed by atoms with Gasteiger partial charge in [-0.05, 0) is 12.1 Å². The number of aromatic nitrogens is 3. The standard InChI is InChI=1S/C11H9N3.ClH/c1-2-4-10-9(3-1)7-11(13-10)14-6-5-12-8-14;/h1-8,13H;1H. The van der Waals surface area contributed by atoms with E-state index < -0.39 is 0 Å². The molecule has 0 atom stereocenters. The molecule has 76 valence electrons. The summed E-state index contributed by atoms with van der Waals surface area (Å²) >= 11 is 0. The average Bonchev–Trinajstić information content (AvgIpc) is 2.86. The summed E-state index contributed by atoms with van der Waals surface area (Å²) in [4.78, 5) is 7.33. The monoisotopic (exact) mass is 219 g/mol. The predicted octanol–water partition coefficient (Wildman–Crippen LogP) is 2.78. The number of nitrogens with zero attached hydrogens (tertiary/aromatic N) is 2. The summed E-state index contributed by atoms with van der Waals surface area (Å²) in [5, 5.41) is 1.22. The highest BCUT2D eigenvalue weighted by molar-refractivity contribution is 5.85. The molecule has 0 saturated carbocycles. The van der Waals surface area contributed by atoms with Crippen LogP contribution in [-0.4, -0.2) is 14.5 Å². The molecule has 0 unspecified atom stereocenters. The van der Waals surface area contributed by atoms with E-state index in [0.717, 1.165) is 11.3 Å². The van der Waals surface area contributed by atoms with E-state index in [2.05, 4.69) is 28.2 Å². The molecule has 2 aromatic heterocycles. The van der Waals surface area contributed by atoms with Gasteiger partial charge in [-0.3, -0.25) is 4.57 Å². The lowest BCUT2D eigenvalue weighted by molar-refractivity contribution is 1.02. The lowest BCUT2D eigenvalue weighted by Gasteiger charge is -1.94. The Morgan fingerprint density at radius 2 is 2.07 bits per heavy atom. The quantitative estimate of drug-likeness (QED) is 0.671. The van der Waals surface area contributed by atoms with Crippen LogP contribution in [-0.2, 0) is 0 Å². The Morgan fingerprint density at radius 1 is 1.20 bits per heavy atom. The summed E-state index contributed by atoms with van der Waals surface area (Å²) < 4.78 is 1.96. The summed E-state index contributed by atoms with van der Waals surface area (Å²) in [6.07, 6.45) is 5.47. The number of fused-ring (bicyclic) bond motifs is 1. The van der Waals surface area contributed by atoms with Crippen molar-refractivity contribution in [2.24, 2.45) is 0 Å². The molecule has 0 spiro atoms. The van der Waals surface area contributed by atoms with Crippen LogP contribution in [0.2, 0.25) is 0 Å². The topological polar surface area (TPSA) is 33.6 Å². The third kappa shape index (κ3) is 1.62. The van der Waals surface area contributed by atoms with Gasteiger partial charge < -0.3 is 4.98 Å². The molecule has 0 aliphatic rings. The normalized spacial score (nSPS) is 10.1. The number of imidazole rings is 1. The van der Waals surface area contributed by atoms with Gasteiger partial charge in [-0.2, -0.15) is 0 Å². The average molecular weight is 220 g/mol. The Bertz CT molecular complexity index is 521. The van der Waals surface area contributed by atoms with Crippen molar-refractivity contribution in [3.8, 4) is 5.82 Å². The molecule has 3 rings (SSSR count). The van der Waals surface area contributed by atoms with Crippen LogP contribution in [0.15, 0.2) is 49.1 Å². The molecule has 1 aromatic carbocycles. The molecule has 2 heterocycles. The third-order valence-electron chi connectivity index (χ3n) is 2.30. The molecule has 1 N–H and O–H groups in total. The third-order valence-corrected chi connectivity index (χ3v) is 2.30. The molecule has 4 heteroatoms. The molecule has 3 aromatic rings. The van der Waals surface area contributed by atoms with Crippen LogP contribution in [0.25, 0.3) is 16.7 Å². The Hall–Kier alpha value is -1.74. The van der Waals surface area contributed by atoms with E-state index in [-0.39, 0.29) is 12.4 Å². The molecular formula is C11H10ClN3. The molecule has 0 saturated heterocycles. The Kier molecular flexibility index (Phi) is 2.47. The van der Waals surface area contributed by atoms with Crippen LogP contribution in [0.1, 0.15) is 0 Å². The van der Waals surface area contributed by atoms with Gasteiger partial charge in [-0.1, -0.05) is 18.2 Å². The second-order valence-corrected chi connectivity index (χ2v) is 3.21. The van der Waals surface area contributed by atoms with E-state index in [4.69, 9.17) is 0 Å². The maximum atomic E-state index is 4.01. The summed E-state index contributed by atoms with van der Waals surface area (Å²) in [7, 11) is 0. The number of rotatable bonds is 1. The fourth-order valence-corrected chi connectivity index (χ4v) is 1.60. The lowest BCUT2D eigenvalue weighted by atomic mass is 10.2. The van der Waals surface area contributed by atoms with Crippen LogP contribution < -0.4 is 0 Å². The molecule has 0 aliphatic carbocycles. The van der Waals surface area contributed by atoms with E-state index >= 15 is 0 Å². The number of hydrogen-bond donors (Lipinski definition) is 1. The molecular weight excluding hydrogens is 210 g/mol. The fraction of sp³-hybridized carbons (Fsp3) is 0. The van der Waals surface area contributed by atoms with Crippen molar-refractivity contribution in [2.75, 3.05) is 0 Å². The Labute approximate surface area is 93.2 Å². The van der Waals surface area contributed by atoms with Crippen molar-refractivity contribution < 1.29 is 0 Å². The Morgan fingerprint density at radius 3 is 2.80 bits per heavy atom. The summed E-state index contributed by atoms with van der Waals surface area (Å²) in [6, 6.07) is 10.3. The number of H-pyrrole nitrogens is 1. The summed E-state index contributed by atoms with van der Waals surface area (Å²) in [6.45, 7) is 0. The minimum atomic E-state index is 0. The van der Waals surface area contributed by atoms with Crippen molar-refractivity contribution >= 4 is 23.3 Å². The zero-order valence-corrected chi connectivity index (χ0v) is 8.74. The van der Waals surface area contributed by atoms with E-state index in [1.54, 1.807) is 12.5 Å². The van der Waals surface area contributed by atoms with Crippen molar-refractivity contribution in [3.05, 3.63) is 49.1 Å². The second kappa shape index (κ2) is 3.79. The number of halogens is 1. The first-order valence-electron chi connectivity index (χ1n) is 4.49. The molecule has 15 heavy (non-hydrogen) atoms. The maximum Gasteiger partial charge on any atom is 0.116 e. The molecule has 0 aliphatic heterocycles. The van der Waals surface area contributed by atoms with Crippen LogP contribution in [0.5, 0.6) is 0 Å². The fourth-order valence-electron chi connectivity index (χ4n) is 1.60. The zero-order chi connectivity index (χ0) is 9.38. The SMILES string of the molecule is Cl.c1ccc2[nH]c(-n3ccnc3)cc2c1. The van der Waals surface area contributed by atoms with Gasteiger partial charge in [0.2, 0.25) is 0 Å². The van der Waals surface area contributed by atoms with E-state index in [9.17, 15) is 0 Å². The zero-order valence-electron chi connectivity index (χ0n) is 7.92. The second-order valence-electron chi connectivity index (χ2n) is 3.21. The number of para-hydroxylation sites is 1. The molecule has 0 radical (unpaired) electrons. The highest BCUT2D eigenvalue weighted by Crippen LogP contribution is 2.16. The maximum absolute atomic E-state index is 4.01. The molecule has 3 nitrogen and oxygen atoms in total. The van der Waals surface area contributed by atoms with Gasteiger partial charge in [-0.25, -0.2) is 4.98 Å². The van der Waals surface area contributed by atoms with Crippen LogP contribution in [0.4, 0.5) is 0 Å². The minimum absolute atomic E-state index is 0. The van der Waals surface area contributed by atoms with Gasteiger partial charge in [0, 0.05) is 23.3 Å². The van der Waals surface area contributed by atoms with Crippen LogP contribution >= 0.6 is 12.4 Å². The first-order valence-corrected chi connectivity index (χ1v) is 4.49. The summed E-state index contributed by atoms with van der Waals surface area (Å²) in [5.41, 5.74) is 1.15. The molecule has 0 amide bonds. The van der Waals surface area contributed by atoms with Gasteiger partial charge in [0.1, 0.15) is 12.1 Å². The van der Waals surface area contributed by atoms with Crippen molar-refractivity contribution in [1.82, 2.24) is 14.5 Å². The van der Waals surface area contributed by atoms with Crippen LogP contribution in [0, 0.1) is 0 Å². The van der Waals surface area contributed by atoms with E-state index in [0.29, 0.717) is 0 Å². The highest BCUT2D eigenvalue weighted by atomic mass is 35.5. The van der Waals surface area contributed by atoms with Crippen molar-refractivity contribution in [1.29, 1.82) is 0 Å². The lowest BCUT2D eigenvalue weighted by Crippen LogP contribution is -1.88. The van der Waals surface area contributed by atoms with Gasteiger partial charge in [-0.15, -0.1) is 12.4 Å². The van der Waals surface area contributed by atoms with Crippen LogP contribution in [0.3, 0.4) is 0 Å². The van der Waals surface area contributed by atoms with Gasteiger partial charge in [0.15, 0.2) is 0 Å². The molecule has 0 bridgehead atoms. The number of hydrogen-bond acceptors (Lipinski definition) is 1. The smallest absolute Gasteiger partial charge is 0.116 e. The van der Waals surface area contributed by atoms with Gasteiger partial charge in [0.25, 0.3) is 0 Å². The van der Waals surface area contributed by atoms with Gasteiger partial charge >= 0.3 is 0 Å². The number of aromatic amines is 1. The first kappa shape index (κ1) is 9.80. The van der Waals surface area contributed by atoms with E-state index in [1.165, 1.54) is 5.39 Å². The predicted molar refractivity (Wildman–Crippen MR) is 62.7 cm³/mol. The highest BCUT2D eigenvalue weighted by Gasteiger charge is 2.00. The van der Waals surface area contributed by atoms with Crippen molar-refractivity contribution in [2.45, 2.75) is 0 Å². The summed E-state index contributed by atoms with van der Waals surface area (Å²) in [5.74, 6) is 1.05. The minimum Gasteiger partial charge on any atom is -0.341 e. The largest absolute Gasteiger partial charge is 0.341 e. The first-order chi connectivity index (χ1) is 6.93. The van der Waals surface area contributed by atoms with E-state index in [1.807, 2.05) is 22.9 Å². The molecule has 0 fully saturated rings. The Balaban J connectivity index is 0.000000853. The number of nitrogens with one attached hydrogen (secondary N) is 1. The number of benzene rings is 1. The van der Waals surface area contributed by atoms with Gasteiger partial charge in [0.05, 0.1) is 0 Å². The van der Waals surface area contributed by atoms with Crippen molar-refractivity contribution in [3.63, 3.8) is 0 Å².